The van der Waals surface area contributed by atoms with E-state index in [1.807, 2.05) is 26.0 Å². The van der Waals surface area contributed by atoms with Crippen LogP contribution in [0.15, 0.2) is 16.6 Å². The fourth-order valence-corrected chi connectivity index (χ4v) is 2.35. The first-order chi connectivity index (χ1) is 8.58. The van der Waals surface area contributed by atoms with Gasteiger partial charge in [-0.25, -0.2) is 0 Å². The van der Waals surface area contributed by atoms with Gasteiger partial charge in [-0.05, 0) is 47.5 Å². The molecule has 0 unspecified atom stereocenters. The zero-order valence-corrected chi connectivity index (χ0v) is 14.0. The minimum Gasteiger partial charge on any atom is -0.493 e. The van der Waals surface area contributed by atoms with Crippen LogP contribution in [0, 0.1) is 0 Å². The largest absolute Gasteiger partial charge is 0.493 e. The minimum atomic E-state index is 0.217. The van der Waals surface area contributed by atoms with Crippen molar-refractivity contribution in [3.05, 3.63) is 22.2 Å². The number of ether oxygens (including phenoxy) is 3. The topological polar surface area (TPSA) is 27.7 Å². The van der Waals surface area contributed by atoms with Crippen molar-refractivity contribution in [3.63, 3.8) is 0 Å². The Kier molecular flexibility index (Phi) is 7.04. The molecule has 1 aromatic rings. The average Bonchev–Trinajstić information content (AvgIpc) is 2.34. The lowest BCUT2D eigenvalue weighted by Crippen LogP contribution is -2.12. The Labute approximate surface area is 125 Å². The van der Waals surface area contributed by atoms with Gasteiger partial charge >= 0.3 is 0 Å². The van der Waals surface area contributed by atoms with E-state index in [2.05, 4.69) is 31.9 Å². The van der Waals surface area contributed by atoms with Crippen LogP contribution in [0.25, 0.3) is 0 Å². The molecule has 0 bridgehead atoms. The summed E-state index contributed by atoms with van der Waals surface area (Å²) in [5, 5.41) is 0.776. The number of hydrogen-bond donors (Lipinski definition) is 0. The molecule has 0 spiro atoms. The third kappa shape index (κ3) is 4.78. The van der Waals surface area contributed by atoms with Crippen molar-refractivity contribution in [1.29, 1.82) is 0 Å². The van der Waals surface area contributed by atoms with E-state index in [4.69, 9.17) is 14.2 Å². The molecule has 0 aliphatic rings. The Morgan fingerprint density at radius 1 is 1.22 bits per heavy atom. The highest BCUT2D eigenvalue weighted by Crippen LogP contribution is 2.37. The second-order valence-electron chi connectivity index (χ2n) is 4.01. The quantitative estimate of drug-likeness (QED) is 0.524. The molecule has 0 saturated carbocycles. The van der Waals surface area contributed by atoms with Crippen molar-refractivity contribution in [2.75, 3.05) is 20.3 Å². The van der Waals surface area contributed by atoms with Crippen molar-refractivity contribution in [2.24, 2.45) is 0 Å². The monoisotopic (exact) mass is 380 g/mol. The minimum absolute atomic E-state index is 0.217. The standard InChI is InChI=1S/C13H18Br2O3/c1-9(2)17-4-5-18-13-11(15)6-10(8-14)7-12(13)16-3/h6-7,9H,4-5,8H2,1-3H3. The highest BCUT2D eigenvalue weighted by Gasteiger charge is 2.11. The van der Waals surface area contributed by atoms with Crippen molar-refractivity contribution < 1.29 is 14.2 Å². The van der Waals surface area contributed by atoms with Crippen molar-refractivity contribution in [3.8, 4) is 11.5 Å². The molecule has 0 aliphatic carbocycles. The third-order valence-corrected chi connectivity index (χ3v) is 3.46. The molecule has 5 heteroatoms. The first kappa shape index (κ1) is 15.8. The van der Waals surface area contributed by atoms with Gasteiger partial charge in [0, 0.05) is 5.33 Å². The predicted molar refractivity (Wildman–Crippen MR) is 79.9 cm³/mol. The van der Waals surface area contributed by atoms with Crippen LogP contribution in [-0.2, 0) is 10.1 Å². The van der Waals surface area contributed by atoms with Gasteiger partial charge < -0.3 is 14.2 Å². The number of rotatable bonds is 7. The van der Waals surface area contributed by atoms with Gasteiger partial charge in [0.1, 0.15) is 6.61 Å². The molecule has 0 atom stereocenters. The summed E-state index contributed by atoms with van der Waals surface area (Å²) in [4.78, 5) is 0. The zero-order valence-electron chi connectivity index (χ0n) is 10.8. The molecule has 3 nitrogen and oxygen atoms in total. The van der Waals surface area contributed by atoms with E-state index in [0.717, 1.165) is 26.9 Å². The Hall–Kier alpha value is -0.260. The second-order valence-corrected chi connectivity index (χ2v) is 5.43. The van der Waals surface area contributed by atoms with Crippen LogP contribution in [0.3, 0.4) is 0 Å². The molecular weight excluding hydrogens is 364 g/mol. The highest BCUT2D eigenvalue weighted by molar-refractivity contribution is 9.10. The predicted octanol–water partition coefficient (Wildman–Crippen LogP) is 4.16. The van der Waals surface area contributed by atoms with Crippen LogP contribution in [0.1, 0.15) is 19.4 Å². The molecule has 1 aromatic carbocycles. The number of halogens is 2. The van der Waals surface area contributed by atoms with Gasteiger partial charge in [-0.3, -0.25) is 0 Å². The lowest BCUT2D eigenvalue weighted by molar-refractivity contribution is 0.0545. The van der Waals surface area contributed by atoms with Crippen LogP contribution in [0.5, 0.6) is 11.5 Å². The first-order valence-electron chi connectivity index (χ1n) is 5.75. The van der Waals surface area contributed by atoms with Gasteiger partial charge in [0.25, 0.3) is 0 Å². The lowest BCUT2D eigenvalue weighted by Gasteiger charge is -2.14. The molecule has 102 valence electrons. The molecule has 0 amide bonds. The van der Waals surface area contributed by atoms with E-state index in [1.54, 1.807) is 7.11 Å². The summed E-state index contributed by atoms with van der Waals surface area (Å²) in [6.45, 7) is 5.07. The van der Waals surface area contributed by atoms with Gasteiger partial charge in [0.05, 0.1) is 24.3 Å². The summed E-state index contributed by atoms with van der Waals surface area (Å²) in [6, 6.07) is 3.97. The summed E-state index contributed by atoms with van der Waals surface area (Å²) in [6.07, 6.45) is 0.217. The zero-order chi connectivity index (χ0) is 13.5. The Balaban J connectivity index is 2.69. The molecule has 1 rings (SSSR count). The normalized spacial score (nSPS) is 10.8. The average molecular weight is 382 g/mol. The molecule has 0 aliphatic heterocycles. The third-order valence-electron chi connectivity index (χ3n) is 2.22. The van der Waals surface area contributed by atoms with E-state index in [9.17, 15) is 0 Å². The van der Waals surface area contributed by atoms with Crippen molar-refractivity contribution >= 4 is 31.9 Å². The van der Waals surface area contributed by atoms with E-state index < -0.39 is 0 Å². The maximum atomic E-state index is 5.70. The Bertz CT molecular complexity index is 381. The summed E-state index contributed by atoms with van der Waals surface area (Å²) in [5.41, 5.74) is 1.13. The summed E-state index contributed by atoms with van der Waals surface area (Å²) in [7, 11) is 1.64. The molecular formula is C13H18Br2O3. The number of hydrogen-bond acceptors (Lipinski definition) is 3. The van der Waals surface area contributed by atoms with Gasteiger partial charge in [0.2, 0.25) is 0 Å². The Morgan fingerprint density at radius 3 is 2.50 bits per heavy atom. The van der Waals surface area contributed by atoms with Crippen molar-refractivity contribution in [2.45, 2.75) is 25.3 Å². The SMILES string of the molecule is COc1cc(CBr)cc(Br)c1OCCOC(C)C. The van der Waals surface area contributed by atoms with Crippen LogP contribution in [0.2, 0.25) is 0 Å². The maximum absolute atomic E-state index is 5.70. The van der Waals surface area contributed by atoms with Crippen LogP contribution >= 0.6 is 31.9 Å². The van der Waals surface area contributed by atoms with Gasteiger partial charge in [0.15, 0.2) is 11.5 Å². The van der Waals surface area contributed by atoms with E-state index >= 15 is 0 Å². The summed E-state index contributed by atoms with van der Waals surface area (Å²) >= 11 is 6.92. The Morgan fingerprint density at radius 2 is 1.94 bits per heavy atom. The summed E-state index contributed by atoms with van der Waals surface area (Å²) in [5.74, 6) is 1.44. The fraction of sp³-hybridized carbons (Fsp3) is 0.538. The van der Waals surface area contributed by atoms with Crippen LogP contribution < -0.4 is 9.47 Å². The van der Waals surface area contributed by atoms with Crippen LogP contribution in [0.4, 0.5) is 0 Å². The molecule has 0 heterocycles. The van der Waals surface area contributed by atoms with Gasteiger partial charge in [-0.15, -0.1) is 0 Å². The summed E-state index contributed by atoms with van der Waals surface area (Å²) < 4.78 is 17.3. The van der Waals surface area contributed by atoms with E-state index in [-0.39, 0.29) is 6.10 Å². The van der Waals surface area contributed by atoms with E-state index in [0.29, 0.717) is 13.2 Å². The van der Waals surface area contributed by atoms with Crippen LogP contribution in [-0.4, -0.2) is 26.4 Å². The van der Waals surface area contributed by atoms with Crippen molar-refractivity contribution in [1.82, 2.24) is 0 Å². The lowest BCUT2D eigenvalue weighted by atomic mass is 10.2. The molecule has 0 aromatic heterocycles. The first-order valence-corrected chi connectivity index (χ1v) is 7.66. The molecule has 0 saturated heterocycles. The number of alkyl halides is 1. The molecule has 0 radical (unpaired) electrons. The van der Waals surface area contributed by atoms with Gasteiger partial charge in [-0.2, -0.15) is 0 Å². The number of methoxy groups -OCH3 is 1. The molecule has 0 fully saturated rings. The smallest absolute Gasteiger partial charge is 0.175 e. The second kappa shape index (κ2) is 8.02. The molecule has 0 N–H and O–H groups in total. The maximum Gasteiger partial charge on any atom is 0.175 e. The van der Waals surface area contributed by atoms with Gasteiger partial charge in [-0.1, -0.05) is 15.9 Å². The fourth-order valence-electron chi connectivity index (χ4n) is 1.42. The highest BCUT2D eigenvalue weighted by atomic mass is 79.9. The number of benzene rings is 1. The van der Waals surface area contributed by atoms with E-state index in [1.165, 1.54) is 0 Å². The molecule has 18 heavy (non-hydrogen) atoms.